The lowest BCUT2D eigenvalue weighted by Crippen LogP contribution is -2.38. The number of carbonyl (C=O) groups excluding carboxylic acids is 3. The molecule has 1 unspecified atom stereocenters. The Labute approximate surface area is 141 Å². The van der Waals surface area contributed by atoms with Gasteiger partial charge in [-0.3, -0.25) is 24.6 Å². The second-order valence-electron chi connectivity index (χ2n) is 4.65. The highest BCUT2D eigenvalue weighted by molar-refractivity contribution is 8.24. The molecule has 1 atom stereocenters. The lowest BCUT2D eigenvalue weighted by molar-refractivity contribution is -0.129. The number of amides is 2. The predicted molar refractivity (Wildman–Crippen MR) is 88.9 cm³/mol. The van der Waals surface area contributed by atoms with Crippen molar-refractivity contribution < 1.29 is 14.4 Å². The van der Waals surface area contributed by atoms with E-state index in [1.165, 1.54) is 23.6 Å². The molecule has 1 fully saturated rings. The molecule has 2 heterocycles. The van der Waals surface area contributed by atoms with Gasteiger partial charge in [0, 0.05) is 11.5 Å². The molecule has 0 bridgehead atoms. The molecule has 22 heavy (non-hydrogen) atoms. The van der Waals surface area contributed by atoms with E-state index >= 15 is 0 Å². The van der Waals surface area contributed by atoms with Crippen LogP contribution in [0, 0.1) is 0 Å². The number of thiocarbonyl (C=S) groups is 1. The van der Waals surface area contributed by atoms with Crippen LogP contribution >= 0.6 is 35.5 Å². The molecular weight excluding hydrogens is 344 g/mol. The Kier molecular flexibility index (Phi) is 5.59. The quantitative estimate of drug-likeness (QED) is 0.765. The van der Waals surface area contributed by atoms with Crippen LogP contribution in [0.2, 0.25) is 0 Å². The third-order valence-corrected chi connectivity index (χ3v) is 5.22. The van der Waals surface area contributed by atoms with Crippen LogP contribution in [-0.2, 0) is 20.8 Å². The van der Waals surface area contributed by atoms with Gasteiger partial charge in [0.2, 0.25) is 16.9 Å². The van der Waals surface area contributed by atoms with Crippen LogP contribution in [0.3, 0.4) is 0 Å². The zero-order valence-electron chi connectivity index (χ0n) is 12.0. The molecule has 0 radical (unpaired) electrons. The summed E-state index contributed by atoms with van der Waals surface area (Å²) in [6.07, 6.45) is 0.808. The van der Waals surface area contributed by atoms with Gasteiger partial charge in [0.05, 0.1) is 11.7 Å². The number of carbonyl (C=O) groups is 3. The van der Waals surface area contributed by atoms with Gasteiger partial charge in [-0.1, -0.05) is 30.9 Å². The summed E-state index contributed by atoms with van der Waals surface area (Å²) >= 11 is 7.42. The normalized spacial score (nSPS) is 17.9. The number of nitrogens with zero attached hydrogens (tertiary/aromatic N) is 3. The fourth-order valence-corrected chi connectivity index (χ4v) is 3.83. The minimum atomic E-state index is -0.390. The van der Waals surface area contributed by atoms with Crippen molar-refractivity contribution in [3.8, 4) is 0 Å². The van der Waals surface area contributed by atoms with Crippen molar-refractivity contribution in [3.05, 3.63) is 5.82 Å². The molecule has 10 heteroatoms. The maximum absolute atomic E-state index is 12.0. The first-order valence-corrected chi connectivity index (χ1v) is 8.60. The first-order chi connectivity index (χ1) is 10.4. The van der Waals surface area contributed by atoms with Crippen LogP contribution in [0.1, 0.15) is 26.1 Å². The van der Waals surface area contributed by atoms with Crippen LogP contribution in [0.25, 0.3) is 0 Å². The highest BCUT2D eigenvalue weighted by Crippen LogP contribution is 2.29. The van der Waals surface area contributed by atoms with Crippen molar-refractivity contribution in [2.45, 2.75) is 31.9 Å². The summed E-state index contributed by atoms with van der Waals surface area (Å²) in [5.41, 5.74) is 0. The summed E-state index contributed by atoms with van der Waals surface area (Å²) in [7, 11) is 0. The Balaban J connectivity index is 1.93. The summed E-state index contributed by atoms with van der Waals surface area (Å²) in [6, 6.07) is 0. The molecule has 1 saturated heterocycles. The van der Waals surface area contributed by atoms with Crippen molar-refractivity contribution in [2.75, 3.05) is 11.9 Å². The van der Waals surface area contributed by atoms with Gasteiger partial charge < -0.3 is 0 Å². The van der Waals surface area contributed by atoms with E-state index < -0.39 is 5.91 Å². The molecule has 2 rings (SSSR count). The van der Waals surface area contributed by atoms with Crippen LogP contribution in [0.5, 0.6) is 0 Å². The molecule has 1 aliphatic heterocycles. The third-order valence-electron chi connectivity index (χ3n) is 2.80. The van der Waals surface area contributed by atoms with E-state index in [1.54, 1.807) is 0 Å². The molecule has 118 valence electrons. The second kappa shape index (κ2) is 7.25. The van der Waals surface area contributed by atoms with E-state index in [2.05, 4.69) is 14.7 Å². The fraction of sp³-hybridized carbons (Fsp3) is 0.500. The number of rotatable bonds is 6. The van der Waals surface area contributed by atoms with Gasteiger partial charge in [0.25, 0.3) is 0 Å². The lowest BCUT2D eigenvalue weighted by Gasteiger charge is -2.14. The number of anilines is 1. The monoisotopic (exact) mass is 358 g/mol. The van der Waals surface area contributed by atoms with Crippen molar-refractivity contribution in [1.29, 1.82) is 0 Å². The van der Waals surface area contributed by atoms with Gasteiger partial charge >= 0.3 is 0 Å². The lowest BCUT2D eigenvalue weighted by atomic mass is 10.3. The largest absolute Gasteiger partial charge is 0.300 e. The summed E-state index contributed by atoms with van der Waals surface area (Å²) < 4.78 is 4.40. The highest BCUT2D eigenvalue weighted by atomic mass is 32.2. The van der Waals surface area contributed by atoms with Crippen LogP contribution in [0.4, 0.5) is 5.13 Å². The smallest absolute Gasteiger partial charge is 0.246 e. The van der Waals surface area contributed by atoms with E-state index in [0.29, 0.717) is 21.7 Å². The van der Waals surface area contributed by atoms with Crippen molar-refractivity contribution >= 4 is 62.6 Å². The Bertz CT molecular complexity index is 631. The maximum atomic E-state index is 12.0. The minimum absolute atomic E-state index is 0.0497. The number of hydrogen-bond acceptors (Lipinski definition) is 8. The fourth-order valence-electron chi connectivity index (χ4n) is 1.80. The SMILES string of the molecule is CCC1SC(=S)N(CC(=O)Nc2nc(CC(C)=O)ns2)C1=O. The summed E-state index contributed by atoms with van der Waals surface area (Å²) in [6.45, 7) is 3.21. The number of nitrogens with one attached hydrogen (secondary N) is 1. The molecule has 1 aliphatic rings. The second-order valence-corrected chi connectivity index (χ2v) is 7.24. The van der Waals surface area contributed by atoms with E-state index in [-0.39, 0.29) is 29.9 Å². The van der Waals surface area contributed by atoms with Crippen LogP contribution < -0.4 is 5.32 Å². The number of ketones is 1. The van der Waals surface area contributed by atoms with Gasteiger partial charge in [-0.25, -0.2) is 4.98 Å². The Hall–Kier alpha value is -1.39. The average Bonchev–Trinajstić information content (AvgIpc) is 2.97. The number of hydrogen-bond donors (Lipinski definition) is 1. The predicted octanol–water partition coefficient (Wildman–Crippen LogP) is 1.25. The molecule has 0 spiro atoms. The molecule has 7 nitrogen and oxygen atoms in total. The van der Waals surface area contributed by atoms with Gasteiger partial charge in [-0.05, 0) is 13.3 Å². The van der Waals surface area contributed by atoms with E-state index in [9.17, 15) is 14.4 Å². The number of thioether (sulfide) groups is 1. The molecule has 0 saturated carbocycles. The van der Waals surface area contributed by atoms with E-state index in [4.69, 9.17) is 12.2 Å². The standard InChI is InChI=1S/C12H14N4O3S3/c1-3-7-10(19)16(12(20)21-7)5-9(18)14-11-13-8(15-22-11)4-6(2)17/h7H,3-5H2,1-2H3,(H,13,14,15,18). The van der Waals surface area contributed by atoms with E-state index in [1.807, 2.05) is 6.92 Å². The first-order valence-electron chi connectivity index (χ1n) is 6.54. The van der Waals surface area contributed by atoms with Gasteiger partial charge in [0.15, 0.2) is 5.82 Å². The average molecular weight is 358 g/mol. The molecule has 1 N–H and O–H groups in total. The highest BCUT2D eigenvalue weighted by Gasteiger charge is 2.36. The van der Waals surface area contributed by atoms with Crippen LogP contribution in [-0.4, -0.2) is 48.0 Å². The molecule has 2 amide bonds. The van der Waals surface area contributed by atoms with Gasteiger partial charge in [0.1, 0.15) is 16.6 Å². The van der Waals surface area contributed by atoms with E-state index in [0.717, 1.165) is 11.5 Å². The zero-order valence-corrected chi connectivity index (χ0v) is 14.4. The van der Waals surface area contributed by atoms with Crippen molar-refractivity contribution in [1.82, 2.24) is 14.3 Å². The summed E-state index contributed by atoms with van der Waals surface area (Å²) in [4.78, 5) is 40.4. The zero-order chi connectivity index (χ0) is 16.3. The van der Waals surface area contributed by atoms with Gasteiger partial charge in [-0.15, -0.1) is 0 Å². The van der Waals surface area contributed by atoms with Crippen LogP contribution in [0.15, 0.2) is 0 Å². The number of Topliss-reactive ketones (excluding diaryl/α,β-unsaturated/α-hetero) is 1. The molecule has 1 aromatic heterocycles. The summed E-state index contributed by atoms with van der Waals surface area (Å²) in [5.74, 6) is -0.200. The Morgan fingerprint density at radius 3 is 2.77 bits per heavy atom. The molecule has 1 aromatic rings. The van der Waals surface area contributed by atoms with Crippen molar-refractivity contribution in [2.24, 2.45) is 0 Å². The first kappa shape index (κ1) is 17.0. The Morgan fingerprint density at radius 2 is 2.18 bits per heavy atom. The topological polar surface area (TPSA) is 92.3 Å². The maximum Gasteiger partial charge on any atom is 0.246 e. The number of aromatic nitrogens is 2. The summed E-state index contributed by atoms with van der Waals surface area (Å²) in [5, 5.41) is 2.67. The molecule has 0 aliphatic carbocycles. The minimum Gasteiger partial charge on any atom is -0.300 e. The third kappa shape index (κ3) is 4.08. The van der Waals surface area contributed by atoms with Gasteiger partial charge in [-0.2, -0.15) is 4.37 Å². The Morgan fingerprint density at radius 1 is 1.45 bits per heavy atom. The van der Waals surface area contributed by atoms with Crippen molar-refractivity contribution in [3.63, 3.8) is 0 Å². The molecule has 0 aromatic carbocycles. The molecular formula is C12H14N4O3S3.